The molecule has 0 spiro atoms. The number of nitrogens with zero attached hydrogens (tertiary/aromatic N) is 3. The topological polar surface area (TPSA) is 54.8 Å². The molecule has 1 saturated heterocycles. The van der Waals surface area contributed by atoms with Crippen LogP contribution in [0.15, 0.2) is 12.3 Å². The highest BCUT2D eigenvalue weighted by Crippen LogP contribution is 2.19. The first-order chi connectivity index (χ1) is 9.24. The van der Waals surface area contributed by atoms with Gasteiger partial charge in [-0.1, -0.05) is 6.42 Å². The lowest BCUT2D eigenvalue weighted by molar-refractivity contribution is 0.414. The molecule has 1 unspecified atom stereocenters. The second-order valence-corrected chi connectivity index (χ2v) is 5.33. The summed E-state index contributed by atoms with van der Waals surface area (Å²) < 4.78 is 1.83. The van der Waals surface area contributed by atoms with Gasteiger partial charge in [0.15, 0.2) is 5.65 Å². The summed E-state index contributed by atoms with van der Waals surface area (Å²) in [4.78, 5) is 4.48. The molecule has 0 bridgehead atoms. The van der Waals surface area contributed by atoms with Gasteiger partial charge in [-0.05, 0) is 32.4 Å². The number of piperidine rings is 1. The molecule has 2 aromatic rings. The van der Waals surface area contributed by atoms with E-state index >= 15 is 0 Å². The van der Waals surface area contributed by atoms with Crippen LogP contribution in [0, 0.1) is 6.92 Å². The van der Waals surface area contributed by atoms with E-state index in [1.165, 1.54) is 19.3 Å². The van der Waals surface area contributed by atoms with Gasteiger partial charge in [0, 0.05) is 25.0 Å². The zero-order chi connectivity index (χ0) is 13.2. The van der Waals surface area contributed by atoms with Crippen molar-refractivity contribution < 1.29 is 0 Å². The molecular formula is C14H21N5. The SMILES string of the molecule is Cc1nn(C)c2ncc(NCC3CCCCN3)cc12. The maximum atomic E-state index is 4.48. The number of hydrogen-bond acceptors (Lipinski definition) is 4. The summed E-state index contributed by atoms with van der Waals surface area (Å²) in [5, 5.41) is 12.5. The van der Waals surface area contributed by atoms with E-state index in [-0.39, 0.29) is 0 Å². The van der Waals surface area contributed by atoms with E-state index in [1.54, 1.807) is 0 Å². The van der Waals surface area contributed by atoms with Crippen LogP contribution in [0.2, 0.25) is 0 Å². The molecule has 0 amide bonds. The molecule has 0 aromatic carbocycles. The van der Waals surface area contributed by atoms with Gasteiger partial charge in [-0.2, -0.15) is 5.10 Å². The molecule has 2 N–H and O–H groups in total. The second-order valence-electron chi connectivity index (χ2n) is 5.33. The van der Waals surface area contributed by atoms with Gasteiger partial charge in [-0.3, -0.25) is 4.68 Å². The number of anilines is 1. The third-order valence-electron chi connectivity index (χ3n) is 3.83. The highest BCUT2D eigenvalue weighted by molar-refractivity contribution is 5.81. The largest absolute Gasteiger partial charge is 0.382 e. The molecule has 0 aliphatic carbocycles. The number of fused-ring (bicyclic) bond motifs is 1. The Kier molecular flexibility index (Phi) is 3.38. The lowest BCUT2D eigenvalue weighted by Gasteiger charge is -2.24. The number of pyridine rings is 1. The number of aryl methyl sites for hydroxylation is 2. The number of nitrogens with one attached hydrogen (secondary N) is 2. The highest BCUT2D eigenvalue weighted by atomic mass is 15.3. The average Bonchev–Trinajstić information content (AvgIpc) is 2.73. The minimum absolute atomic E-state index is 0.583. The van der Waals surface area contributed by atoms with E-state index in [9.17, 15) is 0 Å². The Labute approximate surface area is 113 Å². The molecule has 2 aromatic heterocycles. The molecule has 0 radical (unpaired) electrons. The minimum atomic E-state index is 0.583. The molecule has 3 heterocycles. The van der Waals surface area contributed by atoms with E-state index in [2.05, 4.69) is 26.8 Å². The molecule has 1 aliphatic rings. The lowest BCUT2D eigenvalue weighted by Crippen LogP contribution is -2.39. The fourth-order valence-corrected chi connectivity index (χ4v) is 2.74. The predicted octanol–water partition coefficient (Wildman–Crippen LogP) is 1.83. The van der Waals surface area contributed by atoms with Gasteiger partial charge in [-0.15, -0.1) is 0 Å². The van der Waals surface area contributed by atoms with Crippen LogP contribution in [0.3, 0.4) is 0 Å². The Morgan fingerprint density at radius 3 is 3.16 bits per heavy atom. The Hall–Kier alpha value is -1.62. The normalized spacial score (nSPS) is 19.8. The van der Waals surface area contributed by atoms with Crippen molar-refractivity contribution in [1.82, 2.24) is 20.1 Å². The second kappa shape index (κ2) is 5.17. The van der Waals surface area contributed by atoms with E-state index in [1.807, 2.05) is 24.9 Å². The van der Waals surface area contributed by atoms with Gasteiger partial charge >= 0.3 is 0 Å². The molecule has 0 saturated carbocycles. The minimum Gasteiger partial charge on any atom is -0.382 e. The summed E-state index contributed by atoms with van der Waals surface area (Å²) in [7, 11) is 1.93. The van der Waals surface area contributed by atoms with E-state index in [4.69, 9.17) is 0 Å². The van der Waals surface area contributed by atoms with Crippen LogP contribution in [0.1, 0.15) is 25.0 Å². The summed E-state index contributed by atoms with van der Waals surface area (Å²) in [6.45, 7) is 4.13. The zero-order valence-electron chi connectivity index (χ0n) is 11.6. The fraction of sp³-hybridized carbons (Fsp3) is 0.571. The zero-order valence-corrected chi connectivity index (χ0v) is 11.6. The summed E-state index contributed by atoms with van der Waals surface area (Å²) in [5.41, 5.74) is 3.05. The number of aromatic nitrogens is 3. The van der Waals surface area contributed by atoms with Crippen molar-refractivity contribution in [3.63, 3.8) is 0 Å². The van der Waals surface area contributed by atoms with Crippen molar-refractivity contribution in [2.75, 3.05) is 18.4 Å². The van der Waals surface area contributed by atoms with Crippen LogP contribution in [-0.2, 0) is 7.05 Å². The molecule has 5 heteroatoms. The van der Waals surface area contributed by atoms with Crippen LogP contribution < -0.4 is 10.6 Å². The Balaban J connectivity index is 1.72. The fourth-order valence-electron chi connectivity index (χ4n) is 2.74. The first kappa shape index (κ1) is 12.4. The quantitative estimate of drug-likeness (QED) is 0.883. The van der Waals surface area contributed by atoms with Gasteiger partial charge < -0.3 is 10.6 Å². The molecular weight excluding hydrogens is 238 g/mol. The van der Waals surface area contributed by atoms with E-state index in [0.29, 0.717) is 6.04 Å². The molecule has 3 rings (SSSR count). The summed E-state index contributed by atoms with van der Waals surface area (Å²) in [6.07, 6.45) is 5.79. The van der Waals surface area contributed by atoms with Crippen molar-refractivity contribution in [2.45, 2.75) is 32.2 Å². The Morgan fingerprint density at radius 2 is 2.37 bits per heavy atom. The standard InChI is InChI=1S/C14H21N5/c1-10-13-7-12(9-17-14(13)19(2)18-10)16-8-11-5-3-4-6-15-11/h7,9,11,15-16H,3-6,8H2,1-2H3. The highest BCUT2D eigenvalue weighted by Gasteiger charge is 2.12. The third kappa shape index (κ3) is 2.56. The first-order valence-corrected chi connectivity index (χ1v) is 7.00. The molecule has 19 heavy (non-hydrogen) atoms. The van der Waals surface area contributed by atoms with Crippen LogP contribution >= 0.6 is 0 Å². The molecule has 1 fully saturated rings. The molecule has 102 valence electrons. The monoisotopic (exact) mass is 259 g/mol. The Morgan fingerprint density at radius 1 is 1.47 bits per heavy atom. The van der Waals surface area contributed by atoms with Crippen molar-refractivity contribution in [1.29, 1.82) is 0 Å². The van der Waals surface area contributed by atoms with Gasteiger partial charge in [-0.25, -0.2) is 4.98 Å². The van der Waals surface area contributed by atoms with Gasteiger partial charge in [0.2, 0.25) is 0 Å². The lowest BCUT2D eigenvalue weighted by atomic mass is 10.1. The first-order valence-electron chi connectivity index (χ1n) is 7.00. The van der Waals surface area contributed by atoms with Crippen LogP contribution in [0.4, 0.5) is 5.69 Å². The molecule has 5 nitrogen and oxygen atoms in total. The van der Waals surface area contributed by atoms with Crippen molar-refractivity contribution in [2.24, 2.45) is 7.05 Å². The third-order valence-corrected chi connectivity index (χ3v) is 3.83. The Bertz CT molecular complexity index is 568. The summed E-state index contributed by atoms with van der Waals surface area (Å²) in [5.74, 6) is 0. The van der Waals surface area contributed by atoms with Gasteiger partial charge in [0.25, 0.3) is 0 Å². The van der Waals surface area contributed by atoms with Gasteiger partial charge in [0.05, 0.1) is 17.6 Å². The predicted molar refractivity (Wildman–Crippen MR) is 77.4 cm³/mol. The van der Waals surface area contributed by atoms with Crippen molar-refractivity contribution in [3.05, 3.63) is 18.0 Å². The van der Waals surface area contributed by atoms with E-state index < -0.39 is 0 Å². The van der Waals surface area contributed by atoms with Gasteiger partial charge in [0.1, 0.15) is 0 Å². The van der Waals surface area contributed by atoms with E-state index in [0.717, 1.165) is 35.5 Å². The van der Waals surface area contributed by atoms with Crippen LogP contribution in [-0.4, -0.2) is 33.9 Å². The summed E-state index contributed by atoms with van der Waals surface area (Å²) in [6, 6.07) is 2.73. The molecule has 1 atom stereocenters. The van der Waals surface area contributed by atoms with Crippen LogP contribution in [0.5, 0.6) is 0 Å². The number of rotatable bonds is 3. The van der Waals surface area contributed by atoms with Crippen LogP contribution in [0.25, 0.3) is 11.0 Å². The maximum Gasteiger partial charge on any atom is 0.157 e. The van der Waals surface area contributed by atoms with Crippen molar-refractivity contribution in [3.8, 4) is 0 Å². The average molecular weight is 259 g/mol. The number of hydrogen-bond donors (Lipinski definition) is 2. The maximum absolute atomic E-state index is 4.48. The summed E-state index contributed by atoms with van der Waals surface area (Å²) >= 11 is 0. The smallest absolute Gasteiger partial charge is 0.157 e. The molecule has 1 aliphatic heterocycles. The van der Waals surface area contributed by atoms with Crippen molar-refractivity contribution >= 4 is 16.7 Å².